The van der Waals surface area contributed by atoms with Crippen LogP contribution in [0.15, 0.2) is 54.7 Å². The molecule has 6 rings (SSSR count). The highest BCUT2D eigenvalue weighted by molar-refractivity contribution is 6.07. The normalized spacial score (nSPS) is 16.1. The van der Waals surface area contributed by atoms with Crippen molar-refractivity contribution < 1.29 is 9.59 Å². The lowest BCUT2D eigenvalue weighted by Crippen LogP contribution is -2.27. The molecule has 1 aromatic carbocycles. The van der Waals surface area contributed by atoms with Crippen LogP contribution in [0.5, 0.6) is 0 Å². The summed E-state index contributed by atoms with van der Waals surface area (Å²) in [5.74, 6) is 1.13. The second-order valence-electron chi connectivity index (χ2n) is 9.83. The van der Waals surface area contributed by atoms with Crippen LogP contribution in [0.2, 0.25) is 0 Å². The number of rotatable bonds is 7. The summed E-state index contributed by atoms with van der Waals surface area (Å²) in [7, 11) is 0. The highest BCUT2D eigenvalue weighted by atomic mass is 16.2. The number of pyridine rings is 2. The number of carbonyl (C=O) groups is 2. The molecule has 0 bridgehead atoms. The van der Waals surface area contributed by atoms with Gasteiger partial charge in [-0.25, -0.2) is 9.97 Å². The third-order valence-electron chi connectivity index (χ3n) is 6.91. The molecular weight excluding hydrogens is 452 g/mol. The topological polar surface area (TPSA) is 102 Å². The third-order valence-corrected chi connectivity index (χ3v) is 6.91. The van der Waals surface area contributed by atoms with Crippen molar-refractivity contribution in [2.75, 3.05) is 5.32 Å². The first-order valence-electron chi connectivity index (χ1n) is 12.5. The second-order valence-corrected chi connectivity index (χ2v) is 9.83. The molecule has 4 aromatic rings. The fourth-order valence-corrected chi connectivity index (χ4v) is 4.52. The Morgan fingerprint density at radius 1 is 1.06 bits per heavy atom. The van der Waals surface area contributed by atoms with E-state index in [1.807, 2.05) is 62.4 Å². The summed E-state index contributed by atoms with van der Waals surface area (Å²) in [5, 5.41) is 11.5. The average molecular weight is 481 g/mol. The number of benzene rings is 1. The van der Waals surface area contributed by atoms with E-state index in [2.05, 4.69) is 20.7 Å². The standard InChI is InChI=1S/C28H28N6O2/c1-16(18-10-12-21(13-11-18)31-27(35)20-8-9-20)30-28(36)22-15-23(19-6-7-19)32-26-25(22)17(2)33-34(26)24-5-3-4-14-29-24/h3-5,10-16,19-20H,6-9H2,1-2H3,(H,30,36)(H,31,35). The van der Waals surface area contributed by atoms with Crippen LogP contribution in [0, 0.1) is 12.8 Å². The molecule has 36 heavy (non-hydrogen) atoms. The van der Waals surface area contributed by atoms with Gasteiger partial charge in [-0.05, 0) is 75.4 Å². The molecule has 8 heteroatoms. The molecule has 3 heterocycles. The average Bonchev–Trinajstić information content (AvgIpc) is 3.81. The maximum atomic E-state index is 13.6. The Hall–Kier alpha value is -4.07. The molecule has 0 saturated heterocycles. The van der Waals surface area contributed by atoms with Crippen LogP contribution in [0.4, 0.5) is 5.69 Å². The molecule has 0 radical (unpaired) electrons. The monoisotopic (exact) mass is 480 g/mol. The first-order chi connectivity index (χ1) is 17.5. The summed E-state index contributed by atoms with van der Waals surface area (Å²) in [5.41, 5.74) is 4.64. The Morgan fingerprint density at radius 2 is 1.83 bits per heavy atom. The Balaban J connectivity index is 1.28. The number of nitrogens with zero attached hydrogens (tertiary/aromatic N) is 4. The van der Waals surface area contributed by atoms with Crippen LogP contribution in [-0.4, -0.2) is 31.6 Å². The van der Waals surface area contributed by atoms with E-state index in [0.717, 1.165) is 53.7 Å². The number of aryl methyl sites for hydroxylation is 1. The van der Waals surface area contributed by atoms with Crippen molar-refractivity contribution >= 4 is 28.5 Å². The van der Waals surface area contributed by atoms with Gasteiger partial charge >= 0.3 is 0 Å². The Kier molecular flexibility index (Phi) is 5.51. The molecule has 2 amide bonds. The van der Waals surface area contributed by atoms with Gasteiger partial charge < -0.3 is 10.6 Å². The number of carbonyl (C=O) groups excluding carboxylic acids is 2. The van der Waals surface area contributed by atoms with Crippen molar-refractivity contribution in [2.45, 2.75) is 51.5 Å². The van der Waals surface area contributed by atoms with E-state index in [-0.39, 0.29) is 23.8 Å². The Bertz CT molecular complexity index is 1450. The van der Waals surface area contributed by atoms with Crippen LogP contribution in [-0.2, 0) is 4.79 Å². The lowest BCUT2D eigenvalue weighted by atomic mass is 10.0. The Labute approximate surface area is 209 Å². The zero-order chi connectivity index (χ0) is 24.8. The summed E-state index contributed by atoms with van der Waals surface area (Å²) >= 11 is 0. The van der Waals surface area contributed by atoms with Crippen molar-refractivity contribution in [1.82, 2.24) is 25.1 Å². The molecule has 2 aliphatic carbocycles. The first kappa shape index (κ1) is 22.4. The van der Waals surface area contributed by atoms with Gasteiger partial charge in [0.25, 0.3) is 5.91 Å². The SMILES string of the molecule is Cc1nn(-c2ccccn2)c2nc(C3CC3)cc(C(=O)NC(C)c3ccc(NC(=O)C4CC4)cc3)c12. The van der Waals surface area contributed by atoms with Crippen LogP contribution in [0.25, 0.3) is 16.9 Å². The molecule has 1 atom stereocenters. The summed E-state index contributed by atoms with van der Waals surface area (Å²) < 4.78 is 1.73. The van der Waals surface area contributed by atoms with Crippen LogP contribution >= 0.6 is 0 Å². The largest absolute Gasteiger partial charge is 0.345 e. The lowest BCUT2D eigenvalue weighted by molar-refractivity contribution is -0.117. The molecule has 2 fully saturated rings. The van der Waals surface area contributed by atoms with Gasteiger partial charge in [-0.15, -0.1) is 0 Å². The van der Waals surface area contributed by atoms with Crippen molar-refractivity contribution in [3.8, 4) is 5.82 Å². The van der Waals surface area contributed by atoms with Crippen molar-refractivity contribution in [2.24, 2.45) is 5.92 Å². The third kappa shape index (κ3) is 4.34. The first-order valence-corrected chi connectivity index (χ1v) is 12.5. The number of amides is 2. The predicted molar refractivity (Wildman–Crippen MR) is 137 cm³/mol. The van der Waals surface area contributed by atoms with Crippen molar-refractivity contribution in [1.29, 1.82) is 0 Å². The molecule has 2 N–H and O–H groups in total. The Morgan fingerprint density at radius 3 is 2.50 bits per heavy atom. The van der Waals surface area contributed by atoms with Gasteiger partial charge in [0.15, 0.2) is 11.5 Å². The van der Waals surface area contributed by atoms with Crippen LogP contribution < -0.4 is 10.6 Å². The van der Waals surface area contributed by atoms with E-state index >= 15 is 0 Å². The molecule has 0 aliphatic heterocycles. The molecular formula is C28H28N6O2. The smallest absolute Gasteiger partial charge is 0.252 e. The highest BCUT2D eigenvalue weighted by Crippen LogP contribution is 2.40. The van der Waals surface area contributed by atoms with E-state index in [9.17, 15) is 9.59 Å². The van der Waals surface area contributed by atoms with Gasteiger partial charge in [-0.2, -0.15) is 9.78 Å². The maximum absolute atomic E-state index is 13.6. The van der Waals surface area contributed by atoms with Gasteiger partial charge in [0, 0.05) is 29.4 Å². The fraction of sp³-hybridized carbons (Fsp3) is 0.321. The van der Waals surface area contributed by atoms with E-state index in [1.165, 1.54) is 0 Å². The highest BCUT2D eigenvalue weighted by Gasteiger charge is 2.30. The minimum Gasteiger partial charge on any atom is -0.345 e. The molecule has 2 aliphatic rings. The molecule has 1 unspecified atom stereocenters. The molecule has 8 nitrogen and oxygen atoms in total. The van der Waals surface area contributed by atoms with Gasteiger partial charge in [0.05, 0.1) is 22.7 Å². The van der Waals surface area contributed by atoms with Crippen molar-refractivity contribution in [3.05, 3.63) is 77.2 Å². The van der Waals surface area contributed by atoms with E-state index in [1.54, 1.807) is 10.9 Å². The lowest BCUT2D eigenvalue weighted by Gasteiger charge is -2.16. The second kappa shape index (κ2) is 8.86. The van der Waals surface area contributed by atoms with Gasteiger partial charge in [-0.3, -0.25) is 9.59 Å². The summed E-state index contributed by atoms with van der Waals surface area (Å²) in [4.78, 5) is 34.9. The number of hydrogen-bond donors (Lipinski definition) is 2. The number of fused-ring (bicyclic) bond motifs is 1. The minimum absolute atomic E-state index is 0.0823. The van der Waals surface area contributed by atoms with E-state index < -0.39 is 0 Å². The van der Waals surface area contributed by atoms with Gasteiger partial charge in [0.1, 0.15) is 0 Å². The summed E-state index contributed by atoms with van der Waals surface area (Å²) in [6.45, 7) is 3.86. The predicted octanol–water partition coefficient (Wildman–Crippen LogP) is 4.84. The number of hydrogen-bond acceptors (Lipinski definition) is 5. The minimum atomic E-state index is -0.218. The van der Waals surface area contributed by atoms with Crippen molar-refractivity contribution in [3.63, 3.8) is 0 Å². The van der Waals surface area contributed by atoms with Crippen LogP contribution in [0.1, 0.15) is 71.9 Å². The zero-order valence-corrected chi connectivity index (χ0v) is 20.4. The summed E-state index contributed by atoms with van der Waals surface area (Å²) in [6.07, 6.45) is 5.82. The molecule has 2 saturated carbocycles. The van der Waals surface area contributed by atoms with Crippen LogP contribution in [0.3, 0.4) is 0 Å². The number of nitrogens with one attached hydrogen (secondary N) is 2. The quantitative estimate of drug-likeness (QED) is 0.394. The maximum Gasteiger partial charge on any atom is 0.252 e. The molecule has 182 valence electrons. The van der Waals surface area contributed by atoms with Gasteiger partial charge in [0.2, 0.25) is 5.91 Å². The number of anilines is 1. The fourth-order valence-electron chi connectivity index (χ4n) is 4.52. The molecule has 0 spiro atoms. The molecule has 3 aromatic heterocycles. The number of aromatic nitrogens is 4. The van der Waals surface area contributed by atoms with E-state index in [4.69, 9.17) is 4.98 Å². The zero-order valence-electron chi connectivity index (χ0n) is 20.4. The summed E-state index contributed by atoms with van der Waals surface area (Å²) in [6, 6.07) is 15.0. The van der Waals surface area contributed by atoms with E-state index in [0.29, 0.717) is 22.9 Å². The van der Waals surface area contributed by atoms with Gasteiger partial charge in [-0.1, -0.05) is 18.2 Å².